The topological polar surface area (TPSA) is 71.6 Å². The number of hydrogen-bond acceptors (Lipinski definition) is 4. The minimum Gasteiger partial charge on any atom is -0.493 e. The minimum absolute atomic E-state index is 0.288. The fourth-order valence-electron chi connectivity index (χ4n) is 2.69. The molecule has 0 atom stereocenters. The fourth-order valence-corrected chi connectivity index (χ4v) is 2.91. The Balaban J connectivity index is 1.82. The summed E-state index contributed by atoms with van der Waals surface area (Å²) in [6, 6.07) is 5.89. The Bertz CT molecular complexity index is 628. The summed E-state index contributed by atoms with van der Waals surface area (Å²) >= 11 is 5.17. The molecule has 1 aromatic rings. The van der Waals surface area contributed by atoms with Gasteiger partial charge in [0.25, 0.3) is 5.91 Å². The number of rotatable bonds is 6. The van der Waals surface area contributed by atoms with Crippen molar-refractivity contribution in [3.8, 4) is 11.5 Å². The molecule has 0 aliphatic heterocycles. The highest BCUT2D eigenvalue weighted by Crippen LogP contribution is 2.28. The van der Waals surface area contributed by atoms with E-state index in [1.807, 2.05) is 25.1 Å². The summed E-state index contributed by atoms with van der Waals surface area (Å²) in [5.74, 6) is 1.02. The van der Waals surface area contributed by atoms with Gasteiger partial charge in [0.1, 0.15) is 0 Å². The zero-order valence-corrected chi connectivity index (χ0v) is 15.4. The van der Waals surface area contributed by atoms with Crippen LogP contribution in [0, 0.1) is 0 Å². The quantitative estimate of drug-likeness (QED) is 0.410. The van der Waals surface area contributed by atoms with Crippen LogP contribution in [0.2, 0.25) is 0 Å². The van der Waals surface area contributed by atoms with Gasteiger partial charge < -0.3 is 14.8 Å². The van der Waals surface area contributed by atoms with E-state index in [4.69, 9.17) is 21.7 Å². The lowest BCUT2D eigenvalue weighted by atomic mass is 10.2. The van der Waals surface area contributed by atoms with Gasteiger partial charge in [0.05, 0.1) is 13.7 Å². The standard InChI is InChI=1S/C18H25N3O3S/c1-3-24-16-12-13(8-10-15(16)23-2)9-11-17(22)20-21-18(25)19-14-6-4-5-7-14/h8-12,14H,3-7H2,1-2H3,(H,20,22)(H2,19,21,25)/b11-9+. The molecule has 1 aliphatic rings. The van der Waals surface area contributed by atoms with Crippen LogP contribution in [0.5, 0.6) is 11.5 Å². The highest BCUT2D eigenvalue weighted by atomic mass is 32.1. The van der Waals surface area contributed by atoms with Gasteiger partial charge >= 0.3 is 0 Å². The van der Waals surface area contributed by atoms with E-state index in [2.05, 4.69) is 16.2 Å². The summed E-state index contributed by atoms with van der Waals surface area (Å²) in [5, 5.41) is 3.63. The number of hydrazine groups is 1. The summed E-state index contributed by atoms with van der Waals surface area (Å²) in [7, 11) is 1.59. The van der Waals surface area contributed by atoms with Crippen molar-refractivity contribution in [1.29, 1.82) is 0 Å². The molecule has 1 saturated carbocycles. The van der Waals surface area contributed by atoms with Gasteiger partial charge in [-0.3, -0.25) is 15.6 Å². The lowest BCUT2D eigenvalue weighted by Crippen LogP contribution is -2.48. The Morgan fingerprint density at radius 3 is 2.72 bits per heavy atom. The van der Waals surface area contributed by atoms with E-state index in [1.54, 1.807) is 13.2 Å². The molecular formula is C18H25N3O3S. The molecule has 25 heavy (non-hydrogen) atoms. The molecule has 0 radical (unpaired) electrons. The van der Waals surface area contributed by atoms with Gasteiger partial charge in [0.2, 0.25) is 0 Å². The van der Waals surface area contributed by atoms with Crippen LogP contribution >= 0.6 is 12.2 Å². The number of methoxy groups -OCH3 is 1. The lowest BCUT2D eigenvalue weighted by Gasteiger charge is -2.15. The number of carbonyl (C=O) groups excluding carboxylic acids is 1. The van der Waals surface area contributed by atoms with Gasteiger partial charge in [-0.05, 0) is 55.8 Å². The van der Waals surface area contributed by atoms with Gasteiger partial charge in [-0.1, -0.05) is 18.9 Å². The summed E-state index contributed by atoms with van der Waals surface area (Å²) in [4.78, 5) is 11.9. The highest BCUT2D eigenvalue weighted by molar-refractivity contribution is 7.80. The van der Waals surface area contributed by atoms with Crippen molar-refractivity contribution < 1.29 is 14.3 Å². The number of carbonyl (C=O) groups is 1. The first kappa shape index (κ1) is 19.1. The molecule has 1 amide bonds. The highest BCUT2D eigenvalue weighted by Gasteiger charge is 2.15. The molecule has 2 rings (SSSR count). The van der Waals surface area contributed by atoms with Gasteiger partial charge in [0, 0.05) is 12.1 Å². The van der Waals surface area contributed by atoms with Crippen LogP contribution in [-0.2, 0) is 4.79 Å². The van der Waals surface area contributed by atoms with E-state index in [0.717, 1.165) is 18.4 Å². The molecule has 7 heteroatoms. The molecule has 1 fully saturated rings. The minimum atomic E-state index is -0.288. The monoisotopic (exact) mass is 363 g/mol. The SMILES string of the molecule is CCOc1cc(/C=C/C(=O)NNC(=S)NC2CCCC2)ccc1OC. The zero-order chi connectivity index (χ0) is 18.1. The number of ether oxygens (including phenoxy) is 2. The molecular weight excluding hydrogens is 338 g/mol. The predicted molar refractivity (Wildman–Crippen MR) is 102 cm³/mol. The van der Waals surface area contributed by atoms with Gasteiger partial charge in [-0.2, -0.15) is 0 Å². The second kappa shape index (κ2) is 9.88. The maximum absolute atomic E-state index is 11.9. The molecule has 0 saturated heterocycles. The summed E-state index contributed by atoms with van der Waals surface area (Å²) in [6.45, 7) is 2.45. The molecule has 0 bridgehead atoms. The first-order valence-corrected chi connectivity index (χ1v) is 8.88. The van der Waals surface area contributed by atoms with Crippen LogP contribution in [-0.4, -0.2) is 30.8 Å². The van der Waals surface area contributed by atoms with E-state index in [-0.39, 0.29) is 5.91 Å². The van der Waals surface area contributed by atoms with E-state index >= 15 is 0 Å². The van der Waals surface area contributed by atoms with Crippen molar-refractivity contribution in [2.75, 3.05) is 13.7 Å². The Labute approximate surface area is 153 Å². The number of nitrogens with one attached hydrogen (secondary N) is 3. The Morgan fingerprint density at radius 1 is 1.28 bits per heavy atom. The summed E-state index contributed by atoms with van der Waals surface area (Å²) in [5.41, 5.74) is 6.11. The van der Waals surface area contributed by atoms with Crippen molar-refractivity contribution in [1.82, 2.24) is 16.2 Å². The Morgan fingerprint density at radius 2 is 2.04 bits per heavy atom. The van der Waals surface area contributed by atoms with Gasteiger partial charge in [-0.15, -0.1) is 0 Å². The molecule has 0 spiro atoms. The number of amides is 1. The molecule has 3 N–H and O–H groups in total. The molecule has 0 unspecified atom stereocenters. The third kappa shape index (κ3) is 6.26. The van der Waals surface area contributed by atoms with Crippen LogP contribution in [0.25, 0.3) is 6.08 Å². The van der Waals surface area contributed by atoms with Crippen LogP contribution in [0.1, 0.15) is 38.2 Å². The molecule has 0 aromatic heterocycles. The second-order valence-electron chi connectivity index (χ2n) is 5.75. The summed E-state index contributed by atoms with van der Waals surface area (Å²) < 4.78 is 10.8. The smallest absolute Gasteiger partial charge is 0.262 e. The molecule has 1 aromatic carbocycles. The van der Waals surface area contributed by atoms with Crippen molar-refractivity contribution in [2.45, 2.75) is 38.6 Å². The third-order valence-electron chi connectivity index (χ3n) is 3.90. The third-order valence-corrected chi connectivity index (χ3v) is 4.12. The van der Waals surface area contributed by atoms with Crippen LogP contribution in [0.3, 0.4) is 0 Å². The van der Waals surface area contributed by atoms with Crippen LogP contribution < -0.4 is 25.6 Å². The molecule has 136 valence electrons. The van der Waals surface area contributed by atoms with Crippen molar-refractivity contribution in [2.24, 2.45) is 0 Å². The van der Waals surface area contributed by atoms with Gasteiger partial charge in [0.15, 0.2) is 16.6 Å². The normalized spacial score (nSPS) is 14.3. The van der Waals surface area contributed by atoms with E-state index in [9.17, 15) is 4.79 Å². The Hall–Kier alpha value is -2.28. The second-order valence-corrected chi connectivity index (χ2v) is 6.15. The number of hydrogen-bond donors (Lipinski definition) is 3. The van der Waals surface area contributed by atoms with Crippen LogP contribution in [0.15, 0.2) is 24.3 Å². The lowest BCUT2D eigenvalue weighted by molar-refractivity contribution is -0.116. The maximum Gasteiger partial charge on any atom is 0.262 e. The summed E-state index contributed by atoms with van der Waals surface area (Å²) in [6.07, 6.45) is 7.82. The first-order valence-electron chi connectivity index (χ1n) is 8.47. The molecule has 0 heterocycles. The van der Waals surface area contributed by atoms with E-state index < -0.39 is 0 Å². The largest absolute Gasteiger partial charge is 0.493 e. The predicted octanol–water partition coefficient (Wildman–Crippen LogP) is 2.55. The average molecular weight is 363 g/mol. The van der Waals surface area contributed by atoms with E-state index in [0.29, 0.717) is 29.3 Å². The number of thiocarbonyl (C=S) groups is 1. The van der Waals surface area contributed by atoms with E-state index in [1.165, 1.54) is 18.9 Å². The molecule has 6 nitrogen and oxygen atoms in total. The molecule has 1 aliphatic carbocycles. The van der Waals surface area contributed by atoms with Crippen molar-refractivity contribution >= 4 is 29.3 Å². The van der Waals surface area contributed by atoms with Crippen LogP contribution in [0.4, 0.5) is 0 Å². The average Bonchev–Trinajstić information content (AvgIpc) is 3.11. The first-order chi connectivity index (χ1) is 12.1. The zero-order valence-electron chi connectivity index (χ0n) is 14.6. The Kier molecular flexibility index (Phi) is 7.53. The van der Waals surface area contributed by atoms with Crippen molar-refractivity contribution in [3.05, 3.63) is 29.8 Å². The maximum atomic E-state index is 11.9. The van der Waals surface area contributed by atoms with Crippen molar-refractivity contribution in [3.63, 3.8) is 0 Å². The number of benzene rings is 1. The van der Waals surface area contributed by atoms with Gasteiger partial charge in [-0.25, -0.2) is 0 Å². The fraction of sp³-hybridized carbons (Fsp3) is 0.444.